The molecule has 0 bridgehead atoms. The van der Waals surface area contributed by atoms with Gasteiger partial charge in [0.2, 0.25) is 0 Å². The molecule has 2 heterocycles. The van der Waals surface area contributed by atoms with E-state index in [2.05, 4.69) is 14.5 Å². The SMILES string of the molecule is Cc1nccn1CC1CCC2C(C1=O)c1cc(O)ccc1N2C. The number of phenols is 1. The van der Waals surface area contributed by atoms with Crippen LogP contribution in [-0.4, -0.2) is 33.5 Å². The number of fused-ring (bicyclic) bond motifs is 3. The van der Waals surface area contributed by atoms with Crippen LogP contribution in [0.5, 0.6) is 5.75 Å². The number of Topliss-reactive ketones (excluding diaryl/α,β-unsaturated/α-hetero) is 1. The maximum Gasteiger partial charge on any atom is 0.147 e. The van der Waals surface area contributed by atoms with Crippen LogP contribution in [-0.2, 0) is 11.3 Å². The van der Waals surface area contributed by atoms with E-state index < -0.39 is 0 Å². The lowest BCUT2D eigenvalue weighted by Crippen LogP contribution is -2.42. The van der Waals surface area contributed by atoms with Gasteiger partial charge in [-0.2, -0.15) is 0 Å². The summed E-state index contributed by atoms with van der Waals surface area (Å²) in [4.78, 5) is 19.6. The number of imidazole rings is 1. The lowest BCUT2D eigenvalue weighted by Gasteiger charge is -2.34. The van der Waals surface area contributed by atoms with Crippen LogP contribution in [0.2, 0.25) is 0 Å². The fraction of sp³-hybridized carbons (Fsp3) is 0.444. The van der Waals surface area contributed by atoms with Gasteiger partial charge in [-0.1, -0.05) is 0 Å². The summed E-state index contributed by atoms with van der Waals surface area (Å²) in [5.74, 6) is 1.38. The van der Waals surface area contributed by atoms with Gasteiger partial charge in [-0.05, 0) is 43.5 Å². The zero-order chi connectivity index (χ0) is 16.1. The molecule has 0 amide bonds. The molecule has 1 aliphatic heterocycles. The minimum Gasteiger partial charge on any atom is -0.508 e. The molecular formula is C18H21N3O2. The standard InChI is InChI=1S/C18H21N3O2/c1-11-19-7-8-21(11)10-12-3-5-16-17(18(12)23)14-9-13(22)4-6-15(14)20(16)2/h4,6-9,12,16-17,22H,3,5,10H2,1-2H3. The molecule has 3 unspecified atom stereocenters. The number of benzene rings is 1. The number of aromatic hydroxyl groups is 1. The quantitative estimate of drug-likeness (QED) is 0.925. The summed E-state index contributed by atoms with van der Waals surface area (Å²) in [6.07, 6.45) is 5.63. The van der Waals surface area contributed by atoms with Gasteiger partial charge >= 0.3 is 0 Å². The summed E-state index contributed by atoms with van der Waals surface area (Å²) in [6.45, 7) is 2.67. The average molecular weight is 311 g/mol. The van der Waals surface area contributed by atoms with Crippen LogP contribution in [0, 0.1) is 12.8 Å². The highest BCUT2D eigenvalue weighted by molar-refractivity contribution is 5.93. The Kier molecular flexibility index (Phi) is 3.18. The smallest absolute Gasteiger partial charge is 0.147 e. The second-order valence-corrected chi connectivity index (χ2v) is 6.70. The Morgan fingerprint density at radius 2 is 2.17 bits per heavy atom. The molecule has 2 aliphatic rings. The van der Waals surface area contributed by atoms with E-state index in [4.69, 9.17) is 0 Å². The van der Waals surface area contributed by atoms with Crippen molar-refractivity contribution in [3.63, 3.8) is 0 Å². The highest BCUT2D eigenvalue weighted by atomic mass is 16.3. The second kappa shape index (κ2) is 5.11. The largest absolute Gasteiger partial charge is 0.508 e. The molecule has 1 saturated carbocycles. The fourth-order valence-electron chi connectivity index (χ4n) is 4.21. The number of aromatic nitrogens is 2. The van der Waals surface area contributed by atoms with Crippen LogP contribution >= 0.6 is 0 Å². The summed E-state index contributed by atoms with van der Waals surface area (Å²) >= 11 is 0. The number of hydrogen-bond acceptors (Lipinski definition) is 4. The lowest BCUT2D eigenvalue weighted by atomic mass is 9.75. The van der Waals surface area contributed by atoms with Crippen LogP contribution < -0.4 is 4.90 Å². The van der Waals surface area contributed by atoms with Crippen molar-refractivity contribution in [2.75, 3.05) is 11.9 Å². The Morgan fingerprint density at radius 3 is 2.91 bits per heavy atom. The number of carbonyl (C=O) groups excluding carboxylic acids is 1. The molecule has 23 heavy (non-hydrogen) atoms. The van der Waals surface area contributed by atoms with Gasteiger partial charge in [0.15, 0.2) is 0 Å². The Bertz CT molecular complexity index is 767. The van der Waals surface area contributed by atoms with Crippen molar-refractivity contribution in [2.24, 2.45) is 5.92 Å². The van der Waals surface area contributed by atoms with Crippen molar-refractivity contribution in [2.45, 2.75) is 38.3 Å². The zero-order valence-corrected chi connectivity index (χ0v) is 13.4. The molecule has 1 aliphatic carbocycles. The van der Waals surface area contributed by atoms with Crippen molar-refractivity contribution in [3.8, 4) is 5.75 Å². The van der Waals surface area contributed by atoms with Crippen molar-refractivity contribution in [3.05, 3.63) is 42.0 Å². The number of rotatable bonds is 2. The molecule has 3 atom stereocenters. The molecule has 5 nitrogen and oxygen atoms in total. The van der Waals surface area contributed by atoms with Crippen LogP contribution in [0.25, 0.3) is 0 Å². The average Bonchev–Trinajstić information content (AvgIpc) is 3.05. The fourth-order valence-corrected chi connectivity index (χ4v) is 4.21. The second-order valence-electron chi connectivity index (χ2n) is 6.70. The Morgan fingerprint density at radius 1 is 1.35 bits per heavy atom. The first kappa shape index (κ1) is 14.3. The zero-order valence-electron chi connectivity index (χ0n) is 13.4. The molecule has 1 N–H and O–H groups in total. The van der Waals surface area contributed by atoms with E-state index in [9.17, 15) is 9.90 Å². The first-order chi connectivity index (χ1) is 11.1. The molecule has 2 aromatic rings. The first-order valence-corrected chi connectivity index (χ1v) is 8.13. The number of hydrogen-bond donors (Lipinski definition) is 1. The number of nitrogens with zero attached hydrogens (tertiary/aromatic N) is 3. The first-order valence-electron chi connectivity index (χ1n) is 8.13. The van der Waals surface area contributed by atoms with Crippen LogP contribution in [0.4, 0.5) is 5.69 Å². The number of anilines is 1. The molecule has 1 aromatic heterocycles. The van der Waals surface area contributed by atoms with E-state index in [1.165, 1.54) is 0 Å². The van der Waals surface area contributed by atoms with Gasteiger partial charge in [-0.3, -0.25) is 4.79 Å². The summed E-state index contributed by atoms with van der Waals surface area (Å²) in [6, 6.07) is 5.60. The maximum atomic E-state index is 13.1. The minimum absolute atomic E-state index is 0.0193. The topological polar surface area (TPSA) is 58.4 Å². The third kappa shape index (κ3) is 2.14. The summed E-state index contributed by atoms with van der Waals surface area (Å²) < 4.78 is 2.06. The molecule has 1 aromatic carbocycles. The van der Waals surface area contributed by atoms with Crippen molar-refractivity contribution in [1.82, 2.24) is 9.55 Å². The Hall–Kier alpha value is -2.30. The lowest BCUT2D eigenvalue weighted by molar-refractivity contribution is -0.127. The third-order valence-electron chi connectivity index (χ3n) is 5.47. The van der Waals surface area contributed by atoms with Gasteiger partial charge in [0.1, 0.15) is 17.4 Å². The number of likely N-dealkylation sites (N-methyl/N-ethyl adjacent to an activating group) is 1. The summed E-state index contributed by atoms with van der Waals surface area (Å²) in [5.41, 5.74) is 2.06. The molecule has 0 spiro atoms. The molecule has 1 fully saturated rings. The Labute approximate surface area is 135 Å². The van der Waals surface area contributed by atoms with E-state index in [-0.39, 0.29) is 23.6 Å². The van der Waals surface area contributed by atoms with E-state index in [0.29, 0.717) is 12.3 Å². The normalized spacial score (nSPS) is 26.3. The summed E-state index contributed by atoms with van der Waals surface area (Å²) in [5, 5.41) is 9.83. The van der Waals surface area contributed by atoms with Gasteiger partial charge in [-0.25, -0.2) is 4.98 Å². The number of carbonyl (C=O) groups is 1. The van der Waals surface area contributed by atoms with Gasteiger partial charge in [-0.15, -0.1) is 0 Å². The number of aryl methyl sites for hydroxylation is 1. The van der Waals surface area contributed by atoms with E-state index in [1.807, 2.05) is 26.2 Å². The number of ketones is 1. The molecular weight excluding hydrogens is 290 g/mol. The predicted molar refractivity (Wildman–Crippen MR) is 87.7 cm³/mol. The minimum atomic E-state index is -0.121. The molecule has 120 valence electrons. The van der Waals surface area contributed by atoms with Gasteiger partial charge in [0.25, 0.3) is 0 Å². The molecule has 5 heteroatoms. The highest BCUT2D eigenvalue weighted by Gasteiger charge is 2.46. The molecule has 4 rings (SSSR count). The van der Waals surface area contributed by atoms with E-state index in [1.54, 1.807) is 18.3 Å². The predicted octanol–water partition coefficient (Wildman–Crippen LogP) is 2.48. The van der Waals surface area contributed by atoms with Crippen molar-refractivity contribution < 1.29 is 9.90 Å². The van der Waals surface area contributed by atoms with E-state index in [0.717, 1.165) is 29.9 Å². The van der Waals surface area contributed by atoms with Crippen LogP contribution in [0.1, 0.15) is 30.1 Å². The Balaban J connectivity index is 1.66. The highest BCUT2D eigenvalue weighted by Crippen LogP contribution is 2.48. The van der Waals surface area contributed by atoms with Gasteiger partial charge in [0, 0.05) is 43.6 Å². The van der Waals surface area contributed by atoms with Crippen LogP contribution in [0.3, 0.4) is 0 Å². The number of phenolic OH excluding ortho intramolecular Hbond substituents is 1. The van der Waals surface area contributed by atoms with Gasteiger partial charge in [0.05, 0.1) is 5.92 Å². The van der Waals surface area contributed by atoms with Crippen LogP contribution in [0.15, 0.2) is 30.6 Å². The van der Waals surface area contributed by atoms with Gasteiger partial charge < -0.3 is 14.6 Å². The van der Waals surface area contributed by atoms with E-state index >= 15 is 0 Å². The molecule has 0 saturated heterocycles. The third-order valence-corrected chi connectivity index (χ3v) is 5.47. The molecule has 0 radical (unpaired) electrons. The monoisotopic (exact) mass is 311 g/mol. The van der Waals surface area contributed by atoms with Crippen molar-refractivity contribution in [1.29, 1.82) is 0 Å². The maximum absolute atomic E-state index is 13.1. The van der Waals surface area contributed by atoms with Crippen molar-refractivity contribution >= 4 is 11.5 Å². The summed E-state index contributed by atoms with van der Waals surface area (Å²) in [7, 11) is 2.05.